The van der Waals surface area contributed by atoms with E-state index in [2.05, 4.69) is 38.7 Å². The Morgan fingerprint density at radius 3 is 1.62 bits per heavy atom. The Labute approximate surface area is 156 Å². The van der Waals surface area contributed by atoms with Gasteiger partial charge in [0.1, 0.15) is 5.68 Å². The topological polar surface area (TPSA) is 121 Å². The highest BCUT2D eigenvalue weighted by atomic mass is 36.0. The minimum absolute atomic E-state index is 0.190. The van der Waals surface area contributed by atoms with Crippen molar-refractivity contribution < 1.29 is 37.1 Å². The van der Waals surface area contributed by atoms with Crippen LogP contribution in [-0.2, 0) is 36.9 Å². The first-order valence-electron chi connectivity index (χ1n) is 5.94. The summed E-state index contributed by atoms with van der Waals surface area (Å²) < 4.78 is 27.1. The minimum atomic E-state index is -3.72. The van der Waals surface area contributed by atoms with Crippen LogP contribution in [0, 0.1) is 0 Å². The molecule has 1 atom stereocenters. The second-order valence-electron chi connectivity index (χ2n) is 3.34. The van der Waals surface area contributed by atoms with Crippen LogP contribution in [0.5, 0.6) is 0 Å². The summed E-state index contributed by atoms with van der Waals surface area (Å²) in [5.74, 6) is -1.36. The predicted octanol–water partition coefficient (Wildman–Crippen LogP) is 0.195. The molecule has 0 bridgehead atoms. The van der Waals surface area contributed by atoms with Crippen LogP contribution >= 0.6 is 33.0 Å². The normalized spacial score (nSPS) is 10.7. The monoisotopic (exact) mass is 420 g/mol. The molecule has 0 spiro atoms. The first-order chi connectivity index (χ1) is 10.8. The van der Waals surface area contributed by atoms with Crippen molar-refractivity contribution in [3.63, 3.8) is 0 Å². The van der Waals surface area contributed by atoms with Gasteiger partial charge in [0.2, 0.25) is 0 Å². The van der Waals surface area contributed by atoms with Gasteiger partial charge in [-0.05, 0) is 13.8 Å². The highest BCUT2D eigenvalue weighted by Crippen LogP contribution is 1.98. The summed E-state index contributed by atoms with van der Waals surface area (Å²) in [6, 6.07) is 0. The molecular weight excluding hydrogens is 408 g/mol. The van der Waals surface area contributed by atoms with E-state index in [0.717, 1.165) is 0 Å². The van der Waals surface area contributed by atoms with E-state index >= 15 is 0 Å². The maximum atomic E-state index is 10.5. The molecule has 14 heteroatoms. The molecule has 1 unspecified atom stereocenters. The quantitative estimate of drug-likeness (QED) is 0.196. The van der Waals surface area contributed by atoms with Crippen LogP contribution < -0.4 is 0 Å². The molecule has 0 rings (SSSR count). The summed E-state index contributed by atoms with van der Waals surface area (Å²) in [7, 11) is 14.2. The van der Waals surface area contributed by atoms with Crippen molar-refractivity contribution in [1.29, 1.82) is 0 Å². The Hall–Kier alpha value is -0.770. The predicted molar refractivity (Wildman–Crippen MR) is 89.7 cm³/mol. The van der Waals surface area contributed by atoms with Gasteiger partial charge in [-0.3, -0.25) is 9.59 Å². The molecule has 0 aromatic rings. The second-order valence-corrected chi connectivity index (χ2v) is 7.45. The largest absolute Gasteiger partial charge is 0.466 e. The smallest absolute Gasteiger partial charge is 0.330 e. The van der Waals surface area contributed by atoms with Crippen molar-refractivity contribution in [2.24, 2.45) is 0 Å². The van der Waals surface area contributed by atoms with Crippen LogP contribution in [-0.4, -0.2) is 66.0 Å². The minimum Gasteiger partial charge on any atom is -0.466 e. The van der Waals surface area contributed by atoms with Gasteiger partial charge in [-0.2, -0.15) is 8.42 Å². The molecule has 0 aliphatic carbocycles. The SMILES string of the molecule is O=S(=O)(Cl)Cl.[B]C(=O)C(Cl)C(=O)OCC.[B]C(=O)CC(=O)OCC. The van der Waals surface area contributed by atoms with E-state index in [1.807, 2.05) is 0 Å². The number of halogens is 3. The number of carbonyl (C=O) groups is 4. The third kappa shape index (κ3) is 29.3. The van der Waals surface area contributed by atoms with Gasteiger partial charge in [0.15, 0.2) is 21.1 Å². The summed E-state index contributed by atoms with van der Waals surface area (Å²) in [4.78, 5) is 41.1. The zero-order valence-corrected chi connectivity index (χ0v) is 15.7. The van der Waals surface area contributed by atoms with E-state index in [0.29, 0.717) is 0 Å². The van der Waals surface area contributed by atoms with Gasteiger partial charge in [-0.1, -0.05) is 0 Å². The van der Waals surface area contributed by atoms with Gasteiger partial charge < -0.3 is 19.1 Å². The molecule has 0 aromatic heterocycles. The molecule has 0 aliphatic heterocycles. The Balaban J connectivity index is -0.000000291. The number of hydrogen-bond acceptors (Lipinski definition) is 8. The Bertz CT molecular complexity index is 518. The van der Waals surface area contributed by atoms with E-state index in [9.17, 15) is 19.2 Å². The molecular formula is C10H13B2Cl3O8S. The lowest BCUT2D eigenvalue weighted by Gasteiger charge is -2.03. The second kappa shape index (κ2) is 15.7. The maximum Gasteiger partial charge on any atom is 0.330 e. The molecule has 24 heavy (non-hydrogen) atoms. The van der Waals surface area contributed by atoms with Gasteiger partial charge in [0, 0.05) is 21.4 Å². The van der Waals surface area contributed by atoms with Crippen LogP contribution in [0.15, 0.2) is 0 Å². The molecule has 134 valence electrons. The number of alkyl halides is 1. The van der Waals surface area contributed by atoms with Crippen LogP contribution in [0.1, 0.15) is 20.3 Å². The molecule has 0 saturated heterocycles. The van der Waals surface area contributed by atoms with E-state index in [1.165, 1.54) is 0 Å². The molecule has 0 aliphatic rings. The van der Waals surface area contributed by atoms with Gasteiger partial charge in [-0.25, -0.2) is 0 Å². The highest BCUT2D eigenvalue weighted by Gasteiger charge is 2.19. The van der Waals surface area contributed by atoms with Crippen molar-refractivity contribution in [3.8, 4) is 0 Å². The van der Waals surface area contributed by atoms with E-state index in [1.54, 1.807) is 13.8 Å². The maximum absolute atomic E-state index is 10.5. The number of esters is 2. The van der Waals surface area contributed by atoms with Crippen molar-refractivity contribution in [3.05, 3.63) is 0 Å². The van der Waals surface area contributed by atoms with Crippen LogP contribution in [0.3, 0.4) is 0 Å². The molecule has 0 heterocycles. The lowest BCUT2D eigenvalue weighted by molar-refractivity contribution is -0.145. The van der Waals surface area contributed by atoms with Crippen LogP contribution in [0.25, 0.3) is 0 Å². The zero-order chi connectivity index (χ0) is 19.9. The van der Waals surface area contributed by atoms with E-state index < -0.39 is 36.9 Å². The molecule has 8 nitrogen and oxygen atoms in total. The van der Waals surface area contributed by atoms with Gasteiger partial charge in [-0.15, -0.1) is 11.6 Å². The van der Waals surface area contributed by atoms with Crippen molar-refractivity contribution >= 4 is 80.2 Å². The average molecular weight is 421 g/mol. The average Bonchev–Trinajstić information content (AvgIpc) is 2.36. The zero-order valence-electron chi connectivity index (χ0n) is 12.7. The highest BCUT2D eigenvalue weighted by molar-refractivity contribution is 8.31. The molecule has 0 aromatic carbocycles. The lowest BCUT2D eigenvalue weighted by Crippen LogP contribution is -2.26. The molecule has 0 saturated carbocycles. The Kier molecular flexibility index (Phi) is 18.4. The summed E-state index contributed by atoms with van der Waals surface area (Å²) in [6.45, 7) is 3.75. The lowest BCUT2D eigenvalue weighted by atomic mass is 9.99. The van der Waals surface area contributed by atoms with E-state index in [4.69, 9.17) is 27.9 Å². The van der Waals surface area contributed by atoms with Crippen molar-refractivity contribution in [2.75, 3.05) is 13.2 Å². The fraction of sp³-hybridized carbons (Fsp3) is 0.600. The number of carbonyl (C=O) groups excluding carboxylic acids is 4. The first kappa shape index (κ1) is 28.1. The molecule has 0 fully saturated rings. The molecule has 0 amide bonds. The number of hydrogen-bond donors (Lipinski definition) is 0. The van der Waals surface area contributed by atoms with Gasteiger partial charge >= 0.3 is 20.2 Å². The van der Waals surface area contributed by atoms with Crippen LogP contribution in [0.4, 0.5) is 0 Å². The molecule has 4 radical (unpaired) electrons. The standard InChI is InChI=1S/C5H6BClO3.C5H7BO3.Cl2O2S/c1-2-10-5(9)3(7)4(6)8;1-2-9-5(8)3-4(6)7;1-5(2,3)4/h3H,2H2,1H3;2-3H2,1H3;. The number of ether oxygens (including phenoxy) is 2. The third-order valence-corrected chi connectivity index (χ3v) is 1.76. The number of rotatable bonds is 6. The summed E-state index contributed by atoms with van der Waals surface area (Å²) in [5.41, 5.74) is -1.55. The van der Waals surface area contributed by atoms with Gasteiger partial charge in [0.05, 0.1) is 25.3 Å². The fourth-order valence-corrected chi connectivity index (χ4v) is 0.749. The molecule has 0 N–H and O–H groups in total. The Morgan fingerprint density at radius 2 is 1.38 bits per heavy atom. The first-order valence-corrected chi connectivity index (χ1v) is 9.51. The van der Waals surface area contributed by atoms with Crippen molar-refractivity contribution in [1.82, 2.24) is 0 Å². The van der Waals surface area contributed by atoms with Crippen LogP contribution in [0.2, 0.25) is 0 Å². The summed E-state index contributed by atoms with van der Waals surface area (Å²) in [5, 5.41) is -1.36. The van der Waals surface area contributed by atoms with Gasteiger partial charge in [0.25, 0.3) is 0 Å². The Morgan fingerprint density at radius 1 is 1.00 bits per heavy atom. The fourth-order valence-electron chi connectivity index (χ4n) is 0.686. The van der Waals surface area contributed by atoms with Crippen molar-refractivity contribution in [2.45, 2.75) is 25.6 Å². The third-order valence-electron chi connectivity index (χ3n) is 1.37. The van der Waals surface area contributed by atoms with E-state index in [-0.39, 0.29) is 19.6 Å². The summed E-state index contributed by atoms with van der Waals surface area (Å²) >= 11 is 5.20. The summed E-state index contributed by atoms with van der Waals surface area (Å²) in [6.07, 6.45) is -0.326.